The number of methoxy groups -OCH3 is 2. The third kappa shape index (κ3) is 6.80. The molecule has 1 aromatic heterocycles. The van der Waals surface area contributed by atoms with Crippen molar-refractivity contribution >= 4 is 17.7 Å². The van der Waals surface area contributed by atoms with Crippen LogP contribution in [-0.4, -0.2) is 43.5 Å². The van der Waals surface area contributed by atoms with Crippen LogP contribution in [0, 0.1) is 0 Å². The molecule has 0 spiro atoms. The zero-order valence-corrected chi connectivity index (χ0v) is 17.8. The average molecular weight is 438 g/mol. The Labute approximate surface area is 178 Å². The number of nitrogens with zero attached hydrogens (tertiary/aromatic N) is 2. The van der Waals surface area contributed by atoms with Gasteiger partial charge in [-0.1, -0.05) is 12.1 Å². The van der Waals surface area contributed by atoms with Crippen LogP contribution >= 0.6 is 0 Å². The van der Waals surface area contributed by atoms with E-state index in [1.54, 1.807) is 45.0 Å². The number of alkyl halides is 2. The summed E-state index contributed by atoms with van der Waals surface area (Å²) in [6.45, 7) is 1.76. The number of esters is 1. The van der Waals surface area contributed by atoms with Gasteiger partial charge < -0.3 is 18.9 Å². The highest BCUT2D eigenvalue weighted by Gasteiger charge is 2.28. The predicted molar refractivity (Wildman–Crippen MR) is 108 cm³/mol. The minimum Gasteiger partial charge on any atom is -0.497 e. The lowest BCUT2D eigenvalue weighted by atomic mass is 10.1. The summed E-state index contributed by atoms with van der Waals surface area (Å²) >= 11 is 0. The molecule has 168 valence electrons. The summed E-state index contributed by atoms with van der Waals surface area (Å²) in [7, 11) is 2.66. The number of anilines is 1. The molecule has 0 radical (unpaired) electrons. The van der Waals surface area contributed by atoms with Gasteiger partial charge in [0.25, 0.3) is 0 Å². The van der Waals surface area contributed by atoms with E-state index in [-0.39, 0.29) is 17.9 Å². The number of rotatable bonds is 7. The molecule has 0 N–H and O–H groups in total. The second-order valence-electron chi connectivity index (χ2n) is 7.32. The van der Waals surface area contributed by atoms with Crippen LogP contribution in [0.2, 0.25) is 0 Å². The second-order valence-corrected chi connectivity index (χ2v) is 7.32. The standard InChI is InChI=1S/C21H24F2N2O6/c1-21(2,3)31-20(27)25(12-13-6-8-14(28-4)9-7-13)16-10-15(18(26)29-5)24-11-17(16)30-19(22)23/h6-11,19H,12H2,1-5H3. The summed E-state index contributed by atoms with van der Waals surface area (Å²) < 4.78 is 45.7. The Balaban J connectivity index is 2.56. The summed E-state index contributed by atoms with van der Waals surface area (Å²) in [4.78, 5) is 29.8. The highest BCUT2D eigenvalue weighted by molar-refractivity contribution is 5.93. The molecule has 0 atom stereocenters. The normalized spacial score (nSPS) is 11.1. The molecule has 8 nitrogen and oxygen atoms in total. The maximum Gasteiger partial charge on any atom is 0.415 e. The SMILES string of the molecule is COC(=O)c1cc(N(Cc2ccc(OC)cc2)C(=O)OC(C)(C)C)c(OC(F)F)cn1. The third-order valence-electron chi connectivity index (χ3n) is 3.86. The molecule has 10 heteroatoms. The number of carbonyl (C=O) groups is 2. The summed E-state index contributed by atoms with van der Waals surface area (Å²) in [6.07, 6.45) is 0.100. The molecule has 0 aliphatic rings. The van der Waals surface area contributed by atoms with Crippen molar-refractivity contribution in [1.29, 1.82) is 0 Å². The Bertz CT molecular complexity index is 913. The summed E-state index contributed by atoms with van der Waals surface area (Å²) in [5, 5.41) is 0. The van der Waals surface area contributed by atoms with Crippen LogP contribution in [0.25, 0.3) is 0 Å². The van der Waals surface area contributed by atoms with E-state index in [0.717, 1.165) is 24.3 Å². The topological polar surface area (TPSA) is 87.2 Å². The van der Waals surface area contributed by atoms with Crippen LogP contribution in [0.15, 0.2) is 36.5 Å². The van der Waals surface area contributed by atoms with Gasteiger partial charge in [0.05, 0.1) is 32.6 Å². The fourth-order valence-corrected chi connectivity index (χ4v) is 2.52. The molecule has 0 unspecified atom stereocenters. The van der Waals surface area contributed by atoms with E-state index in [0.29, 0.717) is 11.3 Å². The second kappa shape index (κ2) is 10.1. The minimum atomic E-state index is -3.18. The van der Waals surface area contributed by atoms with E-state index in [4.69, 9.17) is 9.47 Å². The molecule has 1 amide bonds. The largest absolute Gasteiger partial charge is 0.497 e. The van der Waals surface area contributed by atoms with Gasteiger partial charge in [-0.2, -0.15) is 8.78 Å². The first-order valence-electron chi connectivity index (χ1n) is 9.20. The highest BCUT2D eigenvalue weighted by atomic mass is 19.3. The van der Waals surface area contributed by atoms with Gasteiger partial charge in [-0.25, -0.2) is 14.6 Å². The molecular formula is C21H24F2N2O6. The van der Waals surface area contributed by atoms with Gasteiger partial charge >= 0.3 is 18.7 Å². The van der Waals surface area contributed by atoms with Crippen LogP contribution in [0.5, 0.6) is 11.5 Å². The van der Waals surface area contributed by atoms with Crippen molar-refractivity contribution in [2.24, 2.45) is 0 Å². The summed E-state index contributed by atoms with van der Waals surface area (Å²) in [6, 6.07) is 7.91. The van der Waals surface area contributed by atoms with Crippen LogP contribution in [-0.2, 0) is 16.0 Å². The number of carbonyl (C=O) groups excluding carboxylic acids is 2. The molecule has 0 aliphatic carbocycles. The fraction of sp³-hybridized carbons (Fsp3) is 0.381. The number of hydrogen-bond acceptors (Lipinski definition) is 7. The van der Waals surface area contributed by atoms with Gasteiger partial charge in [0.15, 0.2) is 11.4 Å². The summed E-state index contributed by atoms with van der Waals surface area (Å²) in [5.74, 6) is -0.605. The van der Waals surface area contributed by atoms with Gasteiger partial charge in [0, 0.05) is 0 Å². The molecule has 0 saturated carbocycles. The lowest BCUT2D eigenvalue weighted by molar-refractivity contribution is -0.0498. The molecule has 2 rings (SSSR count). The Morgan fingerprint density at radius 3 is 2.29 bits per heavy atom. The van der Waals surface area contributed by atoms with Crippen molar-refractivity contribution in [3.8, 4) is 11.5 Å². The number of amides is 1. The van der Waals surface area contributed by atoms with Crippen molar-refractivity contribution in [3.63, 3.8) is 0 Å². The first-order valence-corrected chi connectivity index (χ1v) is 9.20. The van der Waals surface area contributed by atoms with Gasteiger partial charge in [-0.15, -0.1) is 0 Å². The van der Waals surface area contributed by atoms with E-state index in [1.807, 2.05) is 0 Å². The van der Waals surface area contributed by atoms with Crippen molar-refractivity contribution in [1.82, 2.24) is 4.98 Å². The maximum absolute atomic E-state index is 13.0. The van der Waals surface area contributed by atoms with Gasteiger partial charge in [0.2, 0.25) is 0 Å². The number of aromatic nitrogens is 1. The van der Waals surface area contributed by atoms with Crippen molar-refractivity contribution in [2.75, 3.05) is 19.1 Å². The molecule has 0 aliphatic heterocycles. The van der Waals surface area contributed by atoms with E-state index in [1.165, 1.54) is 7.11 Å². The zero-order chi connectivity index (χ0) is 23.2. The summed E-state index contributed by atoms with van der Waals surface area (Å²) in [5.41, 5.74) is -0.536. The van der Waals surface area contributed by atoms with Crippen molar-refractivity contribution < 1.29 is 37.3 Å². The Morgan fingerprint density at radius 2 is 1.77 bits per heavy atom. The lowest BCUT2D eigenvalue weighted by Gasteiger charge is -2.28. The number of halogens is 2. The average Bonchev–Trinajstić information content (AvgIpc) is 2.70. The van der Waals surface area contributed by atoms with E-state index < -0.39 is 30.0 Å². The first kappa shape index (κ1) is 23.8. The Kier molecular flexibility index (Phi) is 7.73. The number of benzene rings is 1. The minimum absolute atomic E-state index is 0.0663. The smallest absolute Gasteiger partial charge is 0.415 e. The van der Waals surface area contributed by atoms with Gasteiger partial charge in [0.1, 0.15) is 11.4 Å². The molecule has 0 saturated heterocycles. The molecule has 1 heterocycles. The molecule has 31 heavy (non-hydrogen) atoms. The predicted octanol–water partition coefficient (Wildman–Crippen LogP) is 4.42. The number of pyridine rings is 1. The fourth-order valence-electron chi connectivity index (χ4n) is 2.52. The molecular weight excluding hydrogens is 414 g/mol. The van der Waals surface area contributed by atoms with E-state index >= 15 is 0 Å². The zero-order valence-electron chi connectivity index (χ0n) is 17.8. The van der Waals surface area contributed by atoms with Gasteiger partial charge in [-0.3, -0.25) is 4.90 Å². The van der Waals surface area contributed by atoms with Crippen LogP contribution in [0.4, 0.5) is 19.3 Å². The monoisotopic (exact) mass is 438 g/mol. The maximum atomic E-state index is 13.0. The molecule has 0 fully saturated rings. The Morgan fingerprint density at radius 1 is 1.13 bits per heavy atom. The van der Waals surface area contributed by atoms with Gasteiger partial charge in [-0.05, 0) is 44.5 Å². The van der Waals surface area contributed by atoms with E-state index in [2.05, 4.69) is 14.5 Å². The first-order chi connectivity index (χ1) is 14.5. The third-order valence-corrected chi connectivity index (χ3v) is 3.86. The van der Waals surface area contributed by atoms with Crippen LogP contribution in [0.1, 0.15) is 36.8 Å². The molecule has 1 aromatic carbocycles. The van der Waals surface area contributed by atoms with E-state index in [9.17, 15) is 18.4 Å². The quantitative estimate of drug-likeness (QED) is 0.592. The lowest BCUT2D eigenvalue weighted by Crippen LogP contribution is -2.37. The number of hydrogen-bond donors (Lipinski definition) is 0. The van der Waals surface area contributed by atoms with Crippen molar-refractivity contribution in [2.45, 2.75) is 39.5 Å². The van der Waals surface area contributed by atoms with Crippen LogP contribution < -0.4 is 14.4 Å². The molecule has 2 aromatic rings. The molecule has 0 bridgehead atoms. The Hall–Kier alpha value is -3.43. The van der Waals surface area contributed by atoms with Crippen LogP contribution in [0.3, 0.4) is 0 Å². The highest BCUT2D eigenvalue weighted by Crippen LogP contribution is 2.32. The van der Waals surface area contributed by atoms with Crippen molar-refractivity contribution in [3.05, 3.63) is 47.8 Å². The number of ether oxygens (including phenoxy) is 4.